The molecule has 0 bridgehead atoms. The fraction of sp³-hybridized carbons (Fsp3) is 0.364. The maximum absolute atomic E-state index is 12.1. The summed E-state index contributed by atoms with van der Waals surface area (Å²) in [6.07, 6.45) is -6.46. The zero-order valence-electron chi connectivity index (χ0n) is 9.36. The van der Waals surface area contributed by atoms with E-state index in [1.807, 2.05) is 0 Å². The van der Waals surface area contributed by atoms with Gasteiger partial charge in [0.25, 0.3) is 0 Å². The zero-order chi connectivity index (χ0) is 13.9. The highest BCUT2D eigenvalue weighted by Crippen LogP contribution is 2.29. The number of aliphatic hydroxyl groups is 1. The first-order chi connectivity index (χ1) is 8.24. The Balaban J connectivity index is 3.13. The Morgan fingerprint density at radius 1 is 1.44 bits per heavy atom. The Bertz CT molecular complexity index is 442. The third-order valence-electron chi connectivity index (χ3n) is 2.25. The van der Waals surface area contributed by atoms with Crippen molar-refractivity contribution in [3.8, 4) is 5.75 Å². The van der Waals surface area contributed by atoms with Crippen molar-refractivity contribution in [2.24, 2.45) is 0 Å². The summed E-state index contributed by atoms with van der Waals surface area (Å²) in [4.78, 5) is 10.5. The van der Waals surface area contributed by atoms with E-state index in [4.69, 9.17) is 5.11 Å². The lowest BCUT2D eigenvalue weighted by molar-refractivity contribution is -0.274. The van der Waals surface area contributed by atoms with Crippen molar-refractivity contribution in [3.05, 3.63) is 29.3 Å². The van der Waals surface area contributed by atoms with Gasteiger partial charge in [-0.05, 0) is 23.6 Å². The second kappa shape index (κ2) is 5.26. The fourth-order valence-corrected chi connectivity index (χ4v) is 1.40. The Morgan fingerprint density at radius 2 is 2.06 bits per heavy atom. The molecule has 0 saturated heterocycles. The van der Waals surface area contributed by atoms with Crippen molar-refractivity contribution < 1.29 is 32.9 Å². The van der Waals surface area contributed by atoms with Crippen LogP contribution in [0, 0.1) is 0 Å². The van der Waals surface area contributed by atoms with Gasteiger partial charge in [-0.25, -0.2) is 4.79 Å². The lowest BCUT2D eigenvalue weighted by Gasteiger charge is -2.14. The summed E-state index contributed by atoms with van der Waals surface area (Å²) in [6.45, 7) is 1.63. The second-order valence-electron chi connectivity index (χ2n) is 3.51. The lowest BCUT2D eigenvalue weighted by Crippen LogP contribution is -2.19. The first-order valence-electron chi connectivity index (χ1n) is 5.04. The summed E-state index contributed by atoms with van der Waals surface area (Å²) in [7, 11) is 0. The molecular weight excluding hydrogens is 253 g/mol. The summed E-state index contributed by atoms with van der Waals surface area (Å²) < 4.78 is 40.2. The molecule has 0 aliphatic carbocycles. The van der Waals surface area contributed by atoms with Crippen LogP contribution in [-0.4, -0.2) is 22.5 Å². The highest BCUT2D eigenvalue weighted by atomic mass is 19.4. The van der Waals surface area contributed by atoms with Gasteiger partial charge in [-0.1, -0.05) is 19.1 Å². The molecule has 2 N–H and O–H groups in total. The van der Waals surface area contributed by atoms with Crippen LogP contribution >= 0.6 is 0 Å². The lowest BCUT2D eigenvalue weighted by atomic mass is 10.0. The Kier molecular flexibility index (Phi) is 4.18. The van der Waals surface area contributed by atoms with Crippen molar-refractivity contribution in [1.82, 2.24) is 0 Å². The predicted molar refractivity (Wildman–Crippen MR) is 55.1 cm³/mol. The number of rotatable bonds is 4. The molecule has 0 aliphatic heterocycles. The van der Waals surface area contributed by atoms with Gasteiger partial charge in [0.05, 0.1) is 0 Å². The third kappa shape index (κ3) is 3.63. The van der Waals surface area contributed by atoms with Gasteiger partial charge >= 0.3 is 12.3 Å². The number of carboxylic acid groups (broad SMARTS) is 1. The van der Waals surface area contributed by atoms with Gasteiger partial charge in [0, 0.05) is 0 Å². The van der Waals surface area contributed by atoms with Crippen LogP contribution in [0.5, 0.6) is 5.75 Å². The number of ether oxygens (including phenoxy) is 1. The zero-order valence-corrected chi connectivity index (χ0v) is 9.36. The molecule has 0 aliphatic rings. The molecule has 0 heterocycles. The van der Waals surface area contributed by atoms with E-state index in [9.17, 15) is 23.1 Å². The van der Waals surface area contributed by atoms with E-state index >= 15 is 0 Å². The minimum Gasteiger partial charge on any atom is -0.479 e. The van der Waals surface area contributed by atoms with Crippen molar-refractivity contribution in [3.63, 3.8) is 0 Å². The number of hydrogen-bond donors (Lipinski definition) is 2. The SMILES string of the molecule is CCc1ccc(C(O)C(=O)O)cc1OC(F)(F)F. The molecule has 0 aromatic heterocycles. The fourth-order valence-electron chi connectivity index (χ4n) is 1.40. The number of alkyl halides is 3. The third-order valence-corrected chi connectivity index (χ3v) is 2.25. The van der Waals surface area contributed by atoms with E-state index in [0.29, 0.717) is 0 Å². The molecule has 100 valence electrons. The van der Waals surface area contributed by atoms with E-state index < -0.39 is 24.2 Å². The number of carboxylic acids is 1. The van der Waals surface area contributed by atoms with E-state index in [-0.39, 0.29) is 17.5 Å². The minimum absolute atomic E-state index is 0.168. The standard InChI is InChI=1S/C11H11F3O4/c1-2-6-3-4-7(9(15)10(16)17)5-8(6)18-11(12,13)14/h3-5,9,15H,2H2,1H3,(H,16,17). The average molecular weight is 264 g/mol. The molecule has 1 unspecified atom stereocenters. The minimum atomic E-state index is -4.86. The predicted octanol–water partition coefficient (Wildman–Crippen LogP) is 2.27. The van der Waals surface area contributed by atoms with E-state index in [1.165, 1.54) is 12.1 Å². The molecule has 1 atom stereocenters. The Labute approximate surface area is 101 Å². The largest absolute Gasteiger partial charge is 0.573 e. The molecule has 18 heavy (non-hydrogen) atoms. The number of aryl methyl sites for hydroxylation is 1. The highest BCUT2D eigenvalue weighted by molar-refractivity contribution is 5.74. The van der Waals surface area contributed by atoms with Crippen molar-refractivity contribution in [2.45, 2.75) is 25.8 Å². The van der Waals surface area contributed by atoms with Gasteiger partial charge in [-0.3, -0.25) is 0 Å². The number of aliphatic carboxylic acids is 1. The van der Waals surface area contributed by atoms with Crippen LogP contribution in [-0.2, 0) is 11.2 Å². The van der Waals surface area contributed by atoms with Crippen LogP contribution in [0.3, 0.4) is 0 Å². The van der Waals surface area contributed by atoms with E-state index in [2.05, 4.69) is 4.74 Å². The van der Waals surface area contributed by atoms with Crippen molar-refractivity contribution in [2.75, 3.05) is 0 Å². The average Bonchev–Trinajstić information content (AvgIpc) is 2.25. The smallest absolute Gasteiger partial charge is 0.479 e. The van der Waals surface area contributed by atoms with Gasteiger partial charge in [0.2, 0.25) is 0 Å². The number of hydrogen-bond acceptors (Lipinski definition) is 3. The normalized spacial score (nSPS) is 13.2. The highest BCUT2D eigenvalue weighted by Gasteiger charge is 2.32. The topological polar surface area (TPSA) is 66.8 Å². The van der Waals surface area contributed by atoms with Crippen molar-refractivity contribution in [1.29, 1.82) is 0 Å². The van der Waals surface area contributed by atoms with Gasteiger partial charge in [0.15, 0.2) is 6.10 Å². The van der Waals surface area contributed by atoms with Crippen LogP contribution in [0.2, 0.25) is 0 Å². The molecule has 0 radical (unpaired) electrons. The van der Waals surface area contributed by atoms with E-state index in [0.717, 1.165) is 6.07 Å². The molecule has 0 spiro atoms. The number of aliphatic hydroxyl groups excluding tert-OH is 1. The molecule has 1 aromatic rings. The summed E-state index contributed by atoms with van der Waals surface area (Å²) in [6, 6.07) is 3.43. The van der Waals surface area contributed by atoms with Crippen LogP contribution in [0.25, 0.3) is 0 Å². The van der Waals surface area contributed by atoms with Gasteiger partial charge in [0.1, 0.15) is 5.75 Å². The van der Waals surface area contributed by atoms with Gasteiger partial charge in [-0.2, -0.15) is 0 Å². The van der Waals surface area contributed by atoms with Crippen molar-refractivity contribution >= 4 is 5.97 Å². The number of halogens is 3. The van der Waals surface area contributed by atoms with Crippen LogP contribution in [0.1, 0.15) is 24.2 Å². The maximum Gasteiger partial charge on any atom is 0.573 e. The molecule has 1 rings (SSSR count). The second-order valence-corrected chi connectivity index (χ2v) is 3.51. The van der Waals surface area contributed by atoms with E-state index in [1.54, 1.807) is 6.92 Å². The van der Waals surface area contributed by atoms with Crippen LogP contribution in [0.4, 0.5) is 13.2 Å². The van der Waals surface area contributed by atoms with Crippen LogP contribution in [0.15, 0.2) is 18.2 Å². The Morgan fingerprint density at radius 3 is 2.50 bits per heavy atom. The quantitative estimate of drug-likeness (QED) is 0.875. The maximum atomic E-state index is 12.1. The summed E-state index contributed by atoms with van der Waals surface area (Å²) >= 11 is 0. The molecule has 0 fully saturated rings. The molecule has 0 amide bonds. The summed E-state index contributed by atoms with van der Waals surface area (Å²) in [5.41, 5.74) is 0.104. The molecular formula is C11H11F3O4. The summed E-state index contributed by atoms with van der Waals surface area (Å²) in [5.74, 6) is -2.04. The monoisotopic (exact) mass is 264 g/mol. The molecule has 7 heteroatoms. The Hall–Kier alpha value is -1.76. The molecule has 0 saturated carbocycles. The molecule has 1 aromatic carbocycles. The number of carbonyl (C=O) groups is 1. The summed E-state index contributed by atoms with van der Waals surface area (Å²) in [5, 5.41) is 17.8. The first kappa shape index (κ1) is 14.3. The number of benzene rings is 1. The van der Waals surface area contributed by atoms with Gasteiger partial charge < -0.3 is 14.9 Å². The molecule has 4 nitrogen and oxygen atoms in total. The van der Waals surface area contributed by atoms with Crippen LogP contribution < -0.4 is 4.74 Å². The first-order valence-corrected chi connectivity index (χ1v) is 5.04. The van der Waals surface area contributed by atoms with Gasteiger partial charge in [-0.15, -0.1) is 13.2 Å².